The Hall–Kier alpha value is -3.93. The molecule has 0 aliphatic rings. The van der Waals surface area contributed by atoms with E-state index in [1.807, 2.05) is 0 Å². The van der Waals surface area contributed by atoms with Gasteiger partial charge in [-0.2, -0.15) is 0 Å². The average Bonchev–Trinajstić information content (AvgIpc) is 3.35. The molecule has 0 fully saturated rings. The molecule has 0 aromatic rings. The first-order valence-corrected chi connectivity index (χ1v) is 28.4. The molecule has 1 unspecified atom stereocenters. The maximum atomic E-state index is 12.9. The van der Waals surface area contributed by atoms with Gasteiger partial charge in [-0.1, -0.05) is 233 Å². The minimum atomic E-state index is -0.806. The van der Waals surface area contributed by atoms with E-state index in [0.717, 1.165) is 116 Å². The topological polar surface area (TPSA) is 78.9 Å². The van der Waals surface area contributed by atoms with Gasteiger partial charge < -0.3 is 14.2 Å². The second kappa shape index (κ2) is 56.7. The van der Waals surface area contributed by atoms with Crippen molar-refractivity contribution in [1.29, 1.82) is 0 Å². The van der Waals surface area contributed by atoms with Gasteiger partial charge in [0.1, 0.15) is 13.2 Å². The molecular formula is C63H104O6. The van der Waals surface area contributed by atoms with Gasteiger partial charge in [0.2, 0.25) is 0 Å². The predicted molar refractivity (Wildman–Crippen MR) is 297 cm³/mol. The van der Waals surface area contributed by atoms with E-state index in [1.54, 1.807) is 0 Å². The number of hydrogen-bond donors (Lipinski definition) is 0. The summed E-state index contributed by atoms with van der Waals surface area (Å²) in [4.78, 5) is 38.2. The summed E-state index contributed by atoms with van der Waals surface area (Å²) in [6.45, 7) is 6.43. The number of hydrogen-bond acceptors (Lipinski definition) is 6. The lowest BCUT2D eigenvalue weighted by atomic mass is 10.1. The summed E-state index contributed by atoms with van der Waals surface area (Å²) in [6.07, 6.45) is 76.4. The van der Waals surface area contributed by atoms with Crippen molar-refractivity contribution in [3.05, 3.63) is 109 Å². The number of allylic oxidation sites excluding steroid dienone is 18. The standard InChI is InChI=1S/C63H104O6/c1-4-7-10-13-16-19-22-25-28-31-33-35-38-41-44-47-50-53-56-62(65)68-59-60(58-67-61(64)55-52-49-46-43-40-37-34-30-27-24-21-18-15-12-9-6-3)69-63(66)57-54-51-48-45-42-39-36-32-29-26-23-20-17-14-11-8-5-2/h9,12,16,18-19,21-22,25-31,33,35,37,40,60H,4-8,10-11,13-15,17,20,23-24,32,34,36,38-39,41-59H2,1-3H3/b12-9-,19-16-,21-18-,25-22-,29-26-,30-27-,31-28-,35-33-,40-37-. The molecule has 0 aliphatic carbocycles. The largest absolute Gasteiger partial charge is 0.462 e. The second-order valence-electron chi connectivity index (χ2n) is 18.5. The van der Waals surface area contributed by atoms with Gasteiger partial charge in [-0.25, -0.2) is 0 Å². The Bertz CT molecular complexity index is 1420. The summed E-state index contributed by atoms with van der Waals surface area (Å²) in [5.41, 5.74) is 0. The SMILES string of the molecule is CC/C=C\C/C=C\C/C=C\C/C=C\CCCCCC(=O)OCC(COC(=O)CCCCCCC\C=C/C=C\C=C/C=C\CCCCC)OC(=O)CCCCCCCCC/C=C\CCCCCCCC. The van der Waals surface area contributed by atoms with Gasteiger partial charge in [-0.15, -0.1) is 0 Å². The monoisotopic (exact) mass is 957 g/mol. The molecule has 6 heteroatoms. The highest BCUT2D eigenvalue weighted by molar-refractivity contribution is 5.71. The molecule has 0 saturated carbocycles. The predicted octanol–water partition coefficient (Wildman–Crippen LogP) is 19.1. The Morgan fingerprint density at radius 3 is 1.07 bits per heavy atom. The zero-order valence-corrected chi connectivity index (χ0v) is 44.8. The molecule has 0 bridgehead atoms. The van der Waals surface area contributed by atoms with Crippen LogP contribution in [0.2, 0.25) is 0 Å². The summed E-state index contributed by atoms with van der Waals surface area (Å²) in [5, 5.41) is 0. The van der Waals surface area contributed by atoms with E-state index in [4.69, 9.17) is 14.2 Å². The van der Waals surface area contributed by atoms with Crippen LogP contribution in [0.15, 0.2) is 109 Å². The van der Waals surface area contributed by atoms with Gasteiger partial charge in [-0.3, -0.25) is 14.4 Å². The van der Waals surface area contributed by atoms with Crippen LogP contribution in [0.25, 0.3) is 0 Å². The van der Waals surface area contributed by atoms with Crippen molar-refractivity contribution in [2.75, 3.05) is 13.2 Å². The molecule has 6 nitrogen and oxygen atoms in total. The third-order valence-corrected chi connectivity index (χ3v) is 11.8. The molecule has 0 aliphatic heterocycles. The van der Waals surface area contributed by atoms with E-state index < -0.39 is 6.10 Å². The van der Waals surface area contributed by atoms with E-state index in [9.17, 15) is 14.4 Å². The Balaban J connectivity index is 4.51. The van der Waals surface area contributed by atoms with E-state index in [2.05, 4.69) is 130 Å². The fourth-order valence-corrected chi connectivity index (χ4v) is 7.56. The summed E-state index contributed by atoms with van der Waals surface area (Å²) < 4.78 is 16.8. The molecule has 1 atom stereocenters. The van der Waals surface area contributed by atoms with E-state index in [1.165, 1.54) is 96.3 Å². The number of rotatable bonds is 50. The van der Waals surface area contributed by atoms with Gasteiger partial charge in [0.05, 0.1) is 0 Å². The average molecular weight is 958 g/mol. The highest BCUT2D eigenvalue weighted by Crippen LogP contribution is 2.14. The first-order chi connectivity index (χ1) is 34.0. The molecule has 0 aromatic heterocycles. The highest BCUT2D eigenvalue weighted by atomic mass is 16.6. The fourth-order valence-electron chi connectivity index (χ4n) is 7.56. The first-order valence-electron chi connectivity index (χ1n) is 28.4. The summed E-state index contributed by atoms with van der Waals surface area (Å²) in [7, 11) is 0. The Labute approximate surface area is 425 Å². The Morgan fingerprint density at radius 1 is 0.319 bits per heavy atom. The lowest BCUT2D eigenvalue weighted by Gasteiger charge is -2.18. The summed E-state index contributed by atoms with van der Waals surface area (Å²) in [6, 6.07) is 0. The van der Waals surface area contributed by atoms with Crippen LogP contribution >= 0.6 is 0 Å². The van der Waals surface area contributed by atoms with Crippen LogP contribution in [0.4, 0.5) is 0 Å². The summed E-state index contributed by atoms with van der Waals surface area (Å²) in [5.74, 6) is -0.960. The molecule has 0 heterocycles. The normalized spacial score (nSPS) is 12.9. The molecule has 69 heavy (non-hydrogen) atoms. The summed E-state index contributed by atoms with van der Waals surface area (Å²) >= 11 is 0. The molecule has 392 valence electrons. The van der Waals surface area contributed by atoms with Crippen LogP contribution in [-0.2, 0) is 28.6 Å². The molecular weight excluding hydrogens is 853 g/mol. The van der Waals surface area contributed by atoms with E-state index in [-0.39, 0.29) is 31.1 Å². The van der Waals surface area contributed by atoms with Crippen LogP contribution in [0.1, 0.15) is 252 Å². The number of esters is 3. The molecule has 0 spiro atoms. The van der Waals surface area contributed by atoms with Crippen LogP contribution in [0.5, 0.6) is 0 Å². The highest BCUT2D eigenvalue weighted by Gasteiger charge is 2.19. The molecule has 0 aromatic carbocycles. The van der Waals surface area contributed by atoms with Crippen molar-refractivity contribution in [3.63, 3.8) is 0 Å². The quantitative estimate of drug-likeness (QED) is 0.0199. The minimum absolute atomic E-state index is 0.104. The molecule has 0 rings (SSSR count). The molecule has 0 N–H and O–H groups in total. The first kappa shape index (κ1) is 65.1. The van der Waals surface area contributed by atoms with Gasteiger partial charge in [-0.05, 0) is 109 Å². The van der Waals surface area contributed by atoms with Crippen molar-refractivity contribution >= 4 is 17.9 Å². The number of ether oxygens (including phenoxy) is 3. The molecule has 0 radical (unpaired) electrons. The second-order valence-corrected chi connectivity index (χ2v) is 18.5. The third-order valence-electron chi connectivity index (χ3n) is 11.8. The number of carbonyl (C=O) groups is 3. The fraction of sp³-hybridized carbons (Fsp3) is 0.667. The number of unbranched alkanes of at least 4 members (excludes halogenated alkanes) is 24. The van der Waals surface area contributed by atoms with Crippen molar-refractivity contribution < 1.29 is 28.6 Å². The third kappa shape index (κ3) is 54.9. The van der Waals surface area contributed by atoms with E-state index >= 15 is 0 Å². The molecule has 0 amide bonds. The van der Waals surface area contributed by atoms with Crippen LogP contribution in [0.3, 0.4) is 0 Å². The molecule has 0 saturated heterocycles. The van der Waals surface area contributed by atoms with E-state index in [0.29, 0.717) is 19.3 Å². The van der Waals surface area contributed by atoms with Crippen molar-refractivity contribution in [3.8, 4) is 0 Å². The van der Waals surface area contributed by atoms with Gasteiger partial charge in [0.15, 0.2) is 6.10 Å². The zero-order chi connectivity index (χ0) is 50.0. The number of carbonyl (C=O) groups excluding carboxylic acids is 3. The Morgan fingerprint density at radius 2 is 0.623 bits per heavy atom. The van der Waals surface area contributed by atoms with Gasteiger partial charge >= 0.3 is 17.9 Å². The Kier molecular flexibility index (Phi) is 53.4. The lowest BCUT2D eigenvalue weighted by Crippen LogP contribution is -2.30. The van der Waals surface area contributed by atoms with Crippen LogP contribution in [0, 0.1) is 0 Å². The van der Waals surface area contributed by atoms with Crippen molar-refractivity contribution in [2.24, 2.45) is 0 Å². The van der Waals surface area contributed by atoms with Crippen LogP contribution in [-0.4, -0.2) is 37.2 Å². The van der Waals surface area contributed by atoms with Gasteiger partial charge in [0, 0.05) is 19.3 Å². The maximum Gasteiger partial charge on any atom is 0.306 e. The van der Waals surface area contributed by atoms with Crippen molar-refractivity contribution in [2.45, 2.75) is 258 Å². The van der Waals surface area contributed by atoms with Crippen molar-refractivity contribution in [1.82, 2.24) is 0 Å². The smallest absolute Gasteiger partial charge is 0.306 e. The van der Waals surface area contributed by atoms with Gasteiger partial charge in [0.25, 0.3) is 0 Å². The maximum absolute atomic E-state index is 12.9. The minimum Gasteiger partial charge on any atom is -0.462 e. The lowest BCUT2D eigenvalue weighted by molar-refractivity contribution is -0.167. The zero-order valence-electron chi connectivity index (χ0n) is 44.8. The van der Waals surface area contributed by atoms with Crippen LogP contribution < -0.4 is 0 Å².